The van der Waals surface area contributed by atoms with Crippen LogP contribution in [0.3, 0.4) is 0 Å². The van der Waals surface area contributed by atoms with Crippen LogP contribution in [0.2, 0.25) is 0 Å². The number of hydrogen-bond acceptors (Lipinski definition) is 3. The first-order chi connectivity index (χ1) is 11.7. The zero-order chi connectivity index (χ0) is 18.2. The molecule has 138 valence electrons. The molecule has 1 spiro atoms. The van der Waals surface area contributed by atoms with E-state index in [0.29, 0.717) is 5.92 Å². The van der Waals surface area contributed by atoms with Crippen LogP contribution in [0.1, 0.15) is 50.9 Å². The molecule has 1 N–H and O–H groups in total. The average Bonchev–Trinajstić information content (AvgIpc) is 3.01. The Kier molecular flexibility index (Phi) is 4.64. The van der Waals surface area contributed by atoms with Gasteiger partial charge in [-0.2, -0.15) is 13.2 Å². The molecule has 1 unspecified atom stereocenters. The van der Waals surface area contributed by atoms with E-state index in [1.54, 1.807) is 0 Å². The summed E-state index contributed by atoms with van der Waals surface area (Å²) in [5.41, 5.74) is -0.635. The molecule has 1 saturated carbocycles. The third-order valence-corrected chi connectivity index (χ3v) is 5.37. The number of likely N-dealkylation sites (tertiary alicyclic amines) is 1. The number of aromatic nitrogens is 2. The first kappa shape index (κ1) is 17.9. The summed E-state index contributed by atoms with van der Waals surface area (Å²) in [6.07, 6.45) is 1.80. The summed E-state index contributed by atoms with van der Waals surface area (Å²) in [4.78, 5) is 21.7. The SMILES string of the molecule is CC(C)C1N(C(=O)NCc2ncc(C(F)(F)F)cn2)CC12CCCC2. The number of alkyl halides is 3. The van der Waals surface area contributed by atoms with Crippen LogP contribution in [-0.4, -0.2) is 33.5 Å². The lowest BCUT2D eigenvalue weighted by Gasteiger charge is -2.58. The van der Waals surface area contributed by atoms with Gasteiger partial charge in [-0.25, -0.2) is 14.8 Å². The minimum atomic E-state index is -4.46. The van der Waals surface area contributed by atoms with Gasteiger partial charge in [0.25, 0.3) is 0 Å². The first-order valence-corrected chi connectivity index (χ1v) is 8.65. The molecule has 1 aliphatic carbocycles. The van der Waals surface area contributed by atoms with Gasteiger partial charge in [0.15, 0.2) is 0 Å². The minimum Gasteiger partial charge on any atom is -0.331 e. The molecule has 8 heteroatoms. The number of hydrogen-bond donors (Lipinski definition) is 1. The first-order valence-electron chi connectivity index (χ1n) is 8.65. The van der Waals surface area contributed by atoms with Crippen LogP contribution in [0.4, 0.5) is 18.0 Å². The van der Waals surface area contributed by atoms with Crippen LogP contribution in [0, 0.1) is 11.3 Å². The Bertz CT molecular complexity index is 624. The van der Waals surface area contributed by atoms with Crippen LogP contribution in [0.15, 0.2) is 12.4 Å². The molecule has 1 saturated heterocycles. The maximum Gasteiger partial charge on any atom is 0.419 e. The van der Waals surface area contributed by atoms with Crippen molar-refractivity contribution in [3.05, 3.63) is 23.8 Å². The maximum absolute atomic E-state index is 12.5. The fourth-order valence-electron chi connectivity index (χ4n) is 4.40. The second-order valence-electron chi connectivity index (χ2n) is 7.43. The van der Waals surface area contributed by atoms with Gasteiger partial charge in [-0.1, -0.05) is 26.7 Å². The number of rotatable bonds is 3. The van der Waals surface area contributed by atoms with Crippen LogP contribution in [0.5, 0.6) is 0 Å². The van der Waals surface area contributed by atoms with Crippen LogP contribution < -0.4 is 5.32 Å². The third kappa shape index (κ3) is 3.43. The second-order valence-corrected chi connectivity index (χ2v) is 7.43. The van der Waals surface area contributed by atoms with Gasteiger partial charge in [0.1, 0.15) is 5.82 Å². The lowest BCUT2D eigenvalue weighted by molar-refractivity contribution is -0.138. The molecule has 2 heterocycles. The van der Waals surface area contributed by atoms with E-state index < -0.39 is 11.7 Å². The zero-order valence-electron chi connectivity index (χ0n) is 14.4. The summed E-state index contributed by atoms with van der Waals surface area (Å²) in [6, 6.07) is 0.0308. The highest BCUT2D eigenvalue weighted by molar-refractivity contribution is 5.76. The molecule has 0 bridgehead atoms. The highest BCUT2D eigenvalue weighted by Gasteiger charge is 2.56. The molecule has 2 fully saturated rings. The van der Waals surface area contributed by atoms with E-state index >= 15 is 0 Å². The molecule has 0 radical (unpaired) electrons. The van der Waals surface area contributed by atoms with Gasteiger partial charge >= 0.3 is 12.2 Å². The van der Waals surface area contributed by atoms with Crippen molar-refractivity contribution >= 4 is 6.03 Å². The number of carbonyl (C=O) groups is 1. The third-order valence-electron chi connectivity index (χ3n) is 5.37. The largest absolute Gasteiger partial charge is 0.419 e. The Balaban J connectivity index is 1.58. The number of nitrogens with one attached hydrogen (secondary N) is 1. The van der Waals surface area contributed by atoms with Gasteiger partial charge in [-0.15, -0.1) is 0 Å². The van der Waals surface area contributed by atoms with Crippen molar-refractivity contribution in [2.45, 2.75) is 58.3 Å². The Labute approximate surface area is 145 Å². The number of urea groups is 1. The number of carbonyl (C=O) groups excluding carboxylic acids is 1. The van der Waals surface area contributed by atoms with Gasteiger partial charge < -0.3 is 10.2 Å². The lowest BCUT2D eigenvalue weighted by atomic mass is 9.66. The van der Waals surface area contributed by atoms with Gasteiger partial charge in [0.2, 0.25) is 0 Å². The minimum absolute atomic E-state index is 0.0191. The van der Waals surface area contributed by atoms with Crippen LogP contribution in [0.25, 0.3) is 0 Å². The number of nitrogens with zero attached hydrogens (tertiary/aromatic N) is 3. The maximum atomic E-state index is 12.5. The van der Waals surface area contributed by atoms with Gasteiger partial charge in [-0.3, -0.25) is 0 Å². The lowest BCUT2D eigenvalue weighted by Crippen LogP contribution is -2.68. The molecule has 1 aromatic rings. The Morgan fingerprint density at radius 1 is 1.32 bits per heavy atom. The summed E-state index contributed by atoms with van der Waals surface area (Å²) < 4.78 is 37.5. The van der Waals surface area contributed by atoms with Gasteiger partial charge in [0.05, 0.1) is 12.1 Å². The van der Waals surface area contributed by atoms with Crippen molar-refractivity contribution in [3.63, 3.8) is 0 Å². The van der Waals surface area contributed by atoms with Crippen molar-refractivity contribution in [3.8, 4) is 0 Å². The summed E-state index contributed by atoms with van der Waals surface area (Å²) in [5, 5.41) is 2.73. The molecule has 2 amide bonds. The van der Waals surface area contributed by atoms with Crippen LogP contribution >= 0.6 is 0 Å². The van der Waals surface area contributed by atoms with E-state index in [1.165, 1.54) is 25.7 Å². The van der Waals surface area contributed by atoms with E-state index in [1.807, 2.05) is 4.90 Å². The van der Waals surface area contributed by atoms with E-state index in [9.17, 15) is 18.0 Å². The summed E-state index contributed by atoms with van der Waals surface area (Å²) in [6.45, 7) is 5.03. The van der Waals surface area contributed by atoms with Gasteiger partial charge in [-0.05, 0) is 18.8 Å². The monoisotopic (exact) mass is 356 g/mol. The molecular weight excluding hydrogens is 333 g/mol. The summed E-state index contributed by atoms with van der Waals surface area (Å²) in [5.74, 6) is 0.540. The van der Waals surface area contributed by atoms with Crippen molar-refractivity contribution in [2.75, 3.05) is 6.54 Å². The Morgan fingerprint density at radius 3 is 2.44 bits per heavy atom. The molecule has 1 atom stereocenters. The van der Waals surface area contributed by atoms with E-state index in [4.69, 9.17) is 0 Å². The quantitative estimate of drug-likeness (QED) is 0.900. The van der Waals surface area contributed by atoms with E-state index in [0.717, 1.165) is 18.9 Å². The second kappa shape index (κ2) is 6.46. The van der Waals surface area contributed by atoms with Crippen molar-refractivity contribution < 1.29 is 18.0 Å². The predicted molar refractivity (Wildman–Crippen MR) is 85.5 cm³/mol. The fourth-order valence-corrected chi connectivity index (χ4v) is 4.40. The Morgan fingerprint density at radius 2 is 1.92 bits per heavy atom. The smallest absolute Gasteiger partial charge is 0.331 e. The number of amides is 2. The number of halogens is 3. The van der Waals surface area contributed by atoms with Crippen LogP contribution in [-0.2, 0) is 12.7 Å². The normalized spacial score (nSPS) is 22.3. The van der Waals surface area contributed by atoms with Crippen molar-refractivity contribution in [2.24, 2.45) is 11.3 Å². The molecule has 3 rings (SSSR count). The standard InChI is InChI=1S/C17H23F3N4O/c1-11(2)14-16(5-3-4-6-16)10-24(14)15(25)23-9-13-21-7-12(8-22-13)17(18,19)20/h7-8,11,14H,3-6,9-10H2,1-2H3,(H,23,25). The summed E-state index contributed by atoms with van der Waals surface area (Å²) in [7, 11) is 0. The predicted octanol–water partition coefficient (Wildman–Crippen LogP) is 3.61. The fraction of sp³-hybridized carbons (Fsp3) is 0.706. The van der Waals surface area contributed by atoms with E-state index in [2.05, 4.69) is 29.1 Å². The average molecular weight is 356 g/mol. The molecule has 1 aromatic heterocycles. The zero-order valence-corrected chi connectivity index (χ0v) is 14.4. The Hall–Kier alpha value is -1.86. The molecule has 2 aliphatic rings. The highest BCUT2D eigenvalue weighted by Crippen LogP contribution is 2.52. The molecule has 25 heavy (non-hydrogen) atoms. The summed E-state index contributed by atoms with van der Waals surface area (Å²) >= 11 is 0. The topological polar surface area (TPSA) is 58.1 Å². The molecular formula is C17H23F3N4O. The molecule has 1 aliphatic heterocycles. The van der Waals surface area contributed by atoms with Gasteiger partial charge in [0, 0.05) is 30.4 Å². The van der Waals surface area contributed by atoms with E-state index in [-0.39, 0.29) is 29.9 Å². The van der Waals surface area contributed by atoms with Crippen molar-refractivity contribution in [1.29, 1.82) is 0 Å². The van der Waals surface area contributed by atoms with Crippen molar-refractivity contribution in [1.82, 2.24) is 20.2 Å². The highest BCUT2D eigenvalue weighted by atomic mass is 19.4. The molecule has 0 aromatic carbocycles. The molecule has 5 nitrogen and oxygen atoms in total.